The summed E-state index contributed by atoms with van der Waals surface area (Å²) in [6.45, 7) is 4.23. The first-order valence-electron chi connectivity index (χ1n) is 6.12. The minimum absolute atomic E-state index is 0.0203. The third-order valence-electron chi connectivity index (χ3n) is 2.62. The molecule has 5 heteroatoms. The Morgan fingerprint density at radius 2 is 2.37 bits per heavy atom. The number of thiophene rings is 1. The van der Waals surface area contributed by atoms with Crippen LogP contribution in [0.2, 0.25) is 0 Å². The molecule has 0 fully saturated rings. The van der Waals surface area contributed by atoms with Crippen LogP contribution in [0.25, 0.3) is 0 Å². The molecule has 1 heterocycles. The van der Waals surface area contributed by atoms with Crippen molar-refractivity contribution in [2.45, 2.75) is 26.3 Å². The van der Waals surface area contributed by atoms with Crippen molar-refractivity contribution in [1.29, 1.82) is 0 Å². The number of rotatable bonds is 5. The molecule has 0 radical (unpaired) electrons. The lowest BCUT2D eigenvalue weighted by molar-refractivity contribution is 0.0898. The minimum atomic E-state index is -0.176. The highest BCUT2D eigenvalue weighted by molar-refractivity contribution is 7.14. The third kappa shape index (κ3) is 4.67. The van der Waals surface area contributed by atoms with Crippen LogP contribution in [-0.4, -0.2) is 37.4 Å². The number of aryl methyl sites for hydroxylation is 1. The molecular formula is C14H19NO3S. The number of amides is 1. The lowest BCUT2D eigenvalue weighted by atomic mass is 10.2. The van der Waals surface area contributed by atoms with Crippen molar-refractivity contribution in [2.75, 3.05) is 20.3 Å². The molecule has 0 saturated carbocycles. The second-order valence-electron chi connectivity index (χ2n) is 4.12. The molecule has 19 heavy (non-hydrogen) atoms. The number of hydrogen-bond donors (Lipinski definition) is 2. The topological polar surface area (TPSA) is 58.6 Å². The Kier molecular flexibility index (Phi) is 6.57. The van der Waals surface area contributed by atoms with Crippen LogP contribution in [0.15, 0.2) is 6.07 Å². The Labute approximate surface area is 117 Å². The van der Waals surface area contributed by atoms with Crippen molar-refractivity contribution in [3.8, 4) is 11.8 Å². The SMILES string of the molecule is CCC(COC)NC(=O)c1cc(C)c(C#CCO)s1. The summed E-state index contributed by atoms with van der Waals surface area (Å²) in [7, 11) is 1.62. The fraction of sp³-hybridized carbons (Fsp3) is 0.500. The summed E-state index contributed by atoms with van der Waals surface area (Å²) in [6.07, 6.45) is 0.821. The van der Waals surface area contributed by atoms with Gasteiger partial charge in [0.1, 0.15) is 6.61 Å². The smallest absolute Gasteiger partial charge is 0.261 e. The molecule has 1 amide bonds. The summed E-state index contributed by atoms with van der Waals surface area (Å²) in [5.41, 5.74) is 0.955. The third-order valence-corrected chi connectivity index (χ3v) is 3.77. The highest BCUT2D eigenvalue weighted by Crippen LogP contribution is 2.21. The second kappa shape index (κ2) is 7.95. The first-order valence-corrected chi connectivity index (χ1v) is 6.94. The molecular weight excluding hydrogens is 262 g/mol. The summed E-state index contributed by atoms with van der Waals surface area (Å²) in [4.78, 5) is 13.5. The van der Waals surface area contributed by atoms with E-state index in [1.807, 2.05) is 19.9 Å². The molecule has 1 atom stereocenters. The van der Waals surface area contributed by atoms with Crippen molar-refractivity contribution < 1.29 is 14.6 Å². The molecule has 4 nitrogen and oxygen atoms in total. The zero-order chi connectivity index (χ0) is 14.3. The quantitative estimate of drug-likeness (QED) is 0.805. The van der Waals surface area contributed by atoms with E-state index in [2.05, 4.69) is 17.2 Å². The highest BCUT2D eigenvalue weighted by Gasteiger charge is 2.15. The Morgan fingerprint density at radius 3 is 2.95 bits per heavy atom. The van der Waals surface area contributed by atoms with E-state index in [0.29, 0.717) is 11.5 Å². The molecule has 1 aromatic rings. The number of nitrogens with one attached hydrogen (secondary N) is 1. The standard InChI is InChI=1S/C14H19NO3S/c1-4-11(9-18-3)15-14(17)13-8-10(2)12(19-13)6-5-7-16/h8,11,16H,4,7,9H2,1-3H3,(H,15,17). The first kappa shape index (κ1) is 15.7. The van der Waals surface area contributed by atoms with E-state index >= 15 is 0 Å². The monoisotopic (exact) mass is 281 g/mol. The molecule has 0 saturated heterocycles. The number of carbonyl (C=O) groups is 1. The lowest BCUT2D eigenvalue weighted by Gasteiger charge is -2.14. The van der Waals surface area contributed by atoms with Crippen molar-refractivity contribution >= 4 is 17.2 Å². The minimum Gasteiger partial charge on any atom is -0.384 e. The van der Waals surface area contributed by atoms with Crippen LogP contribution in [-0.2, 0) is 4.74 Å². The second-order valence-corrected chi connectivity index (χ2v) is 5.17. The van der Waals surface area contributed by atoms with E-state index in [0.717, 1.165) is 16.9 Å². The average molecular weight is 281 g/mol. The zero-order valence-electron chi connectivity index (χ0n) is 11.4. The van der Waals surface area contributed by atoms with Crippen LogP contribution in [0.4, 0.5) is 0 Å². The van der Waals surface area contributed by atoms with E-state index in [-0.39, 0.29) is 18.6 Å². The van der Waals surface area contributed by atoms with Gasteiger partial charge in [0, 0.05) is 7.11 Å². The predicted octanol–water partition coefficient (Wildman–Crippen LogP) is 1.56. The molecule has 0 spiro atoms. The van der Waals surface area contributed by atoms with Crippen LogP contribution >= 0.6 is 11.3 Å². The van der Waals surface area contributed by atoms with Crippen LogP contribution in [0.3, 0.4) is 0 Å². The molecule has 0 aliphatic carbocycles. The van der Waals surface area contributed by atoms with Gasteiger partial charge in [0.15, 0.2) is 0 Å². The maximum absolute atomic E-state index is 12.1. The molecule has 2 N–H and O–H groups in total. The first-order chi connectivity index (χ1) is 9.12. The molecule has 1 unspecified atom stereocenters. The molecule has 0 aliphatic heterocycles. The fourth-order valence-corrected chi connectivity index (χ4v) is 2.51. The van der Waals surface area contributed by atoms with Gasteiger partial charge in [0.25, 0.3) is 5.91 Å². The number of methoxy groups -OCH3 is 1. The largest absolute Gasteiger partial charge is 0.384 e. The molecule has 1 rings (SSSR count). The summed E-state index contributed by atoms with van der Waals surface area (Å²) >= 11 is 1.34. The van der Waals surface area contributed by atoms with Crippen LogP contribution in [0.1, 0.15) is 33.5 Å². The molecule has 104 valence electrons. The molecule has 1 aromatic heterocycles. The van der Waals surface area contributed by atoms with Gasteiger partial charge >= 0.3 is 0 Å². The lowest BCUT2D eigenvalue weighted by Crippen LogP contribution is -2.37. The molecule has 0 bridgehead atoms. The van der Waals surface area contributed by atoms with Crippen molar-refractivity contribution in [3.63, 3.8) is 0 Å². The van der Waals surface area contributed by atoms with E-state index in [1.165, 1.54) is 11.3 Å². The Balaban J connectivity index is 2.77. The van der Waals surface area contributed by atoms with Crippen molar-refractivity contribution in [3.05, 3.63) is 21.4 Å². The van der Waals surface area contributed by atoms with Gasteiger partial charge in [0.2, 0.25) is 0 Å². The van der Waals surface area contributed by atoms with Gasteiger partial charge in [-0.15, -0.1) is 11.3 Å². The van der Waals surface area contributed by atoms with E-state index in [1.54, 1.807) is 7.11 Å². The maximum Gasteiger partial charge on any atom is 0.261 e. The number of hydrogen-bond acceptors (Lipinski definition) is 4. The Bertz CT molecular complexity index is 485. The summed E-state index contributed by atoms with van der Waals surface area (Å²) < 4.78 is 5.05. The van der Waals surface area contributed by atoms with Gasteiger partial charge in [-0.25, -0.2) is 0 Å². The number of aliphatic hydroxyl groups excluding tert-OH is 1. The summed E-state index contributed by atoms with van der Waals surface area (Å²) in [6, 6.07) is 1.84. The van der Waals surface area contributed by atoms with Gasteiger partial charge in [-0.3, -0.25) is 4.79 Å². The van der Waals surface area contributed by atoms with E-state index < -0.39 is 0 Å². The van der Waals surface area contributed by atoms with Gasteiger partial charge < -0.3 is 15.2 Å². The van der Waals surface area contributed by atoms with Gasteiger partial charge in [-0.05, 0) is 25.0 Å². The van der Waals surface area contributed by atoms with Gasteiger partial charge in [-0.2, -0.15) is 0 Å². The summed E-state index contributed by atoms with van der Waals surface area (Å²) in [5.74, 6) is 5.34. The number of ether oxygens (including phenoxy) is 1. The van der Waals surface area contributed by atoms with E-state index in [9.17, 15) is 4.79 Å². The normalized spacial score (nSPS) is 11.6. The van der Waals surface area contributed by atoms with Crippen LogP contribution < -0.4 is 5.32 Å². The molecule has 0 aliphatic rings. The summed E-state index contributed by atoms with van der Waals surface area (Å²) in [5, 5.41) is 11.6. The fourth-order valence-electron chi connectivity index (χ4n) is 1.56. The number of carbonyl (C=O) groups excluding carboxylic acids is 1. The Morgan fingerprint density at radius 1 is 1.63 bits per heavy atom. The van der Waals surface area contributed by atoms with Gasteiger partial charge in [-0.1, -0.05) is 18.8 Å². The van der Waals surface area contributed by atoms with Gasteiger partial charge in [0.05, 0.1) is 22.4 Å². The van der Waals surface area contributed by atoms with Crippen molar-refractivity contribution in [2.24, 2.45) is 0 Å². The van der Waals surface area contributed by atoms with Crippen molar-refractivity contribution in [1.82, 2.24) is 5.32 Å². The number of aliphatic hydroxyl groups is 1. The zero-order valence-corrected chi connectivity index (χ0v) is 12.3. The highest BCUT2D eigenvalue weighted by atomic mass is 32.1. The predicted molar refractivity (Wildman–Crippen MR) is 76.4 cm³/mol. The Hall–Kier alpha value is -1.35. The maximum atomic E-state index is 12.1. The molecule has 0 aromatic carbocycles. The van der Waals surface area contributed by atoms with Crippen LogP contribution in [0.5, 0.6) is 0 Å². The van der Waals surface area contributed by atoms with E-state index in [4.69, 9.17) is 9.84 Å². The average Bonchev–Trinajstić information content (AvgIpc) is 2.77. The van der Waals surface area contributed by atoms with Crippen LogP contribution in [0, 0.1) is 18.8 Å².